The number of rotatable bonds is 3. The van der Waals surface area contributed by atoms with Gasteiger partial charge in [0.25, 0.3) is 5.91 Å². The Morgan fingerprint density at radius 2 is 2.00 bits per heavy atom. The van der Waals surface area contributed by atoms with Gasteiger partial charge in [-0.3, -0.25) is 4.79 Å². The number of benzene rings is 1. The first-order chi connectivity index (χ1) is 12.0. The third-order valence-corrected chi connectivity index (χ3v) is 4.54. The number of carbonyl (C=O) groups excluding carboxylic acids is 1. The summed E-state index contributed by atoms with van der Waals surface area (Å²) in [5.41, 5.74) is 4.01. The number of hydrogen-bond donors (Lipinski definition) is 2. The summed E-state index contributed by atoms with van der Waals surface area (Å²) in [6, 6.07) is 8.74. The molecule has 1 amide bonds. The number of aryl methyl sites for hydroxylation is 1. The number of halogens is 1. The molecule has 6 heteroatoms. The van der Waals surface area contributed by atoms with Crippen LogP contribution in [-0.2, 0) is 11.2 Å². The molecule has 0 radical (unpaired) electrons. The van der Waals surface area contributed by atoms with Gasteiger partial charge in [0, 0.05) is 17.5 Å². The highest BCUT2D eigenvalue weighted by Gasteiger charge is 2.19. The zero-order chi connectivity index (χ0) is 18.0. The van der Waals surface area contributed by atoms with Gasteiger partial charge in [-0.25, -0.2) is 9.78 Å². The van der Waals surface area contributed by atoms with Crippen LogP contribution in [-0.4, -0.2) is 22.0 Å². The van der Waals surface area contributed by atoms with Crippen LogP contribution in [0.1, 0.15) is 41.4 Å². The summed E-state index contributed by atoms with van der Waals surface area (Å²) in [5, 5.41) is 12.7. The molecule has 0 atom stereocenters. The van der Waals surface area contributed by atoms with E-state index in [0.717, 1.165) is 29.5 Å². The topological polar surface area (TPSA) is 79.3 Å². The number of aliphatic carboxylic acids is 1. The number of fused-ring (bicyclic) bond motifs is 1. The maximum atomic E-state index is 12.3. The van der Waals surface area contributed by atoms with E-state index in [-0.39, 0.29) is 11.6 Å². The van der Waals surface area contributed by atoms with Crippen LogP contribution in [0.5, 0.6) is 0 Å². The molecule has 25 heavy (non-hydrogen) atoms. The standard InChI is InChI=1S/C19H17ClN2O3/c1-11-15(19(24)25)4-2-3-12-5-7-14(9-16(11)12)22-18(23)17-8-6-13(20)10-21-17/h5-10H,2-4H2,1H3,(H,22,23)(H,24,25). The lowest BCUT2D eigenvalue weighted by molar-refractivity contribution is -0.132. The monoisotopic (exact) mass is 356 g/mol. The SMILES string of the molecule is CC1=C(C(=O)O)CCCc2ccc(NC(=O)c3ccc(Cl)cn3)cc21. The molecule has 2 N–H and O–H groups in total. The molecule has 5 nitrogen and oxygen atoms in total. The molecule has 0 aliphatic heterocycles. The largest absolute Gasteiger partial charge is 0.478 e. The highest BCUT2D eigenvalue weighted by molar-refractivity contribution is 6.30. The number of anilines is 1. The molecular weight excluding hydrogens is 340 g/mol. The predicted octanol–water partition coefficient (Wildman–Crippen LogP) is 4.18. The number of nitrogens with one attached hydrogen (secondary N) is 1. The van der Waals surface area contributed by atoms with Crippen LogP contribution in [0.25, 0.3) is 5.57 Å². The van der Waals surface area contributed by atoms with Crippen LogP contribution in [0.2, 0.25) is 5.02 Å². The Labute approximate surface area is 150 Å². The number of hydrogen-bond acceptors (Lipinski definition) is 3. The molecule has 0 spiro atoms. The van der Waals surface area contributed by atoms with E-state index in [2.05, 4.69) is 10.3 Å². The molecule has 0 bridgehead atoms. The quantitative estimate of drug-likeness (QED) is 0.864. The van der Waals surface area contributed by atoms with Gasteiger partial charge in [-0.2, -0.15) is 0 Å². The van der Waals surface area contributed by atoms with Gasteiger partial charge in [0.1, 0.15) is 5.69 Å². The molecule has 0 unspecified atom stereocenters. The van der Waals surface area contributed by atoms with Crippen LogP contribution in [0, 0.1) is 0 Å². The molecule has 128 valence electrons. The van der Waals surface area contributed by atoms with Crippen molar-refractivity contribution >= 4 is 34.7 Å². The van der Waals surface area contributed by atoms with E-state index >= 15 is 0 Å². The summed E-state index contributed by atoms with van der Waals surface area (Å²) in [7, 11) is 0. The second-order valence-corrected chi connectivity index (χ2v) is 6.39. The smallest absolute Gasteiger partial charge is 0.331 e. The molecule has 0 saturated carbocycles. The number of carboxylic acid groups (broad SMARTS) is 1. The maximum absolute atomic E-state index is 12.3. The molecule has 0 saturated heterocycles. The number of aromatic nitrogens is 1. The average molecular weight is 357 g/mol. The lowest BCUT2D eigenvalue weighted by Gasteiger charge is -2.12. The Morgan fingerprint density at radius 3 is 2.68 bits per heavy atom. The highest BCUT2D eigenvalue weighted by atomic mass is 35.5. The van der Waals surface area contributed by atoms with Crippen molar-refractivity contribution < 1.29 is 14.7 Å². The molecule has 1 aliphatic rings. The van der Waals surface area contributed by atoms with E-state index in [0.29, 0.717) is 22.7 Å². The van der Waals surface area contributed by atoms with Crippen LogP contribution >= 0.6 is 11.6 Å². The lowest BCUT2D eigenvalue weighted by atomic mass is 9.97. The van der Waals surface area contributed by atoms with Crippen molar-refractivity contribution in [2.45, 2.75) is 26.2 Å². The molecule has 1 aromatic heterocycles. The number of amides is 1. The van der Waals surface area contributed by atoms with Gasteiger partial charge >= 0.3 is 5.97 Å². The zero-order valence-electron chi connectivity index (χ0n) is 13.7. The summed E-state index contributed by atoms with van der Waals surface area (Å²) in [6.45, 7) is 1.82. The van der Waals surface area contributed by atoms with Gasteiger partial charge in [-0.05, 0) is 67.2 Å². The fourth-order valence-electron chi connectivity index (χ4n) is 3.00. The first kappa shape index (κ1) is 17.2. The van der Waals surface area contributed by atoms with Crippen LogP contribution in [0.15, 0.2) is 42.1 Å². The normalized spacial score (nSPS) is 13.8. The van der Waals surface area contributed by atoms with Gasteiger partial charge in [-0.1, -0.05) is 17.7 Å². The Bertz CT molecular complexity index is 873. The Balaban J connectivity index is 1.91. The van der Waals surface area contributed by atoms with E-state index in [1.54, 1.807) is 12.1 Å². The number of carbonyl (C=O) groups is 2. The van der Waals surface area contributed by atoms with E-state index in [1.807, 2.05) is 25.1 Å². The number of pyridine rings is 1. The molecule has 3 rings (SSSR count). The van der Waals surface area contributed by atoms with Crippen molar-refractivity contribution in [3.8, 4) is 0 Å². The van der Waals surface area contributed by atoms with Gasteiger partial charge in [0.2, 0.25) is 0 Å². The van der Waals surface area contributed by atoms with Crippen molar-refractivity contribution in [2.24, 2.45) is 0 Å². The molecular formula is C19H17ClN2O3. The van der Waals surface area contributed by atoms with Crippen molar-refractivity contribution in [1.82, 2.24) is 4.98 Å². The van der Waals surface area contributed by atoms with Crippen LogP contribution < -0.4 is 5.32 Å². The minimum absolute atomic E-state index is 0.262. The summed E-state index contributed by atoms with van der Waals surface area (Å²) >= 11 is 5.78. The fourth-order valence-corrected chi connectivity index (χ4v) is 3.11. The second-order valence-electron chi connectivity index (χ2n) is 5.95. The van der Waals surface area contributed by atoms with Gasteiger partial charge in [-0.15, -0.1) is 0 Å². The first-order valence-electron chi connectivity index (χ1n) is 7.95. The summed E-state index contributed by atoms with van der Waals surface area (Å²) in [6.07, 6.45) is 3.58. The minimum atomic E-state index is -0.884. The Morgan fingerprint density at radius 1 is 1.20 bits per heavy atom. The summed E-state index contributed by atoms with van der Waals surface area (Å²) < 4.78 is 0. The Hall–Kier alpha value is -2.66. The highest BCUT2D eigenvalue weighted by Crippen LogP contribution is 2.32. The second kappa shape index (κ2) is 7.07. The summed E-state index contributed by atoms with van der Waals surface area (Å²) in [4.78, 5) is 27.7. The van der Waals surface area contributed by atoms with Gasteiger partial charge in [0.05, 0.1) is 5.02 Å². The van der Waals surface area contributed by atoms with E-state index < -0.39 is 5.97 Å². The number of carboxylic acids is 1. The molecule has 1 aliphatic carbocycles. The van der Waals surface area contributed by atoms with Crippen molar-refractivity contribution in [3.05, 3.63) is 63.9 Å². The number of nitrogens with zero attached hydrogens (tertiary/aromatic N) is 1. The van der Waals surface area contributed by atoms with E-state index in [9.17, 15) is 14.7 Å². The van der Waals surface area contributed by atoms with Crippen molar-refractivity contribution in [3.63, 3.8) is 0 Å². The van der Waals surface area contributed by atoms with Gasteiger partial charge < -0.3 is 10.4 Å². The van der Waals surface area contributed by atoms with Crippen LogP contribution in [0.3, 0.4) is 0 Å². The predicted molar refractivity (Wildman–Crippen MR) is 96.8 cm³/mol. The minimum Gasteiger partial charge on any atom is -0.478 e. The van der Waals surface area contributed by atoms with E-state index in [1.165, 1.54) is 6.20 Å². The van der Waals surface area contributed by atoms with Crippen molar-refractivity contribution in [2.75, 3.05) is 5.32 Å². The molecule has 2 aromatic rings. The molecule has 0 fully saturated rings. The maximum Gasteiger partial charge on any atom is 0.331 e. The number of allylic oxidation sites excluding steroid dienone is 1. The summed E-state index contributed by atoms with van der Waals surface area (Å²) in [5.74, 6) is -1.23. The van der Waals surface area contributed by atoms with Gasteiger partial charge in [0.15, 0.2) is 0 Å². The Kier molecular flexibility index (Phi) is 4.86. The lowest BCUT2D eigenvalue weighted by Crippen LogP contribution is -2.13. The molecule has 1 aromatic carbocycles. The van der Waals surface area contributed by atoms with E-state index in [4.69, 9.17) is 11.6 Å². The zero-order valence-corrected chi connectivity index (χ0v) is 14.4. The fraction of sp³-hybridized carbons (Fsp3) is 0.211. The van der Waals surface area contributed by atoms with Crippen molar-refractivity contribution in [1.29, 1.82) is 0 Å². The third kappa shape index (κ3) is 3.72. The first-order valence-corrected chi connectivity index (χ1v) is 8.33. The average Bonchev–Trinajstić information content (AvgIpc) is 2.75. The third-order valence-electron chi connectivity index (χ3n) is 4.32. The molecule has 1 heterocycles. The van der Waals surface area contributed by atoms with Crippen LogP contribution in [0.4, 0.5) is 5.69 Å².